The molecule has 0 aliphatic heterocycles. The van der Waals surface area contributed by atoms with Crippen molar-refractivity contribution in [3.63, 3.8) is 0 Å². The second-order valence-electron chi connectivity index (χ2n) is 2.86. The Morgan fingerprint density at radius 1 is 1.53 bits per heavy atom. The molecular weight excluding hydrogens is 196 g/mol. The van der Waals surface area contributed by atoms with E-state index < -0.39 is 6.09 Å². The van der Waals surface area contributed by atoms with Gasteiger partial charge in [-0.15, -0.1) is 0 Å². The van der Waals surface area contributed by atoms with Gasteiger partial charge in [0.25, 0.3) is 0 Å². The largest absolute Gasteiger partial charge is 0.478 e. The van der Waals surface area contributed by atoms with Gasteiger partial charge in [0.05, 0.1) is 13.2 Å². The second kappa shape index (κ2) is 5.85. The van der Waals surface area contributed by atoms with Crippen molar-refractivity contribution in [3.8, 4) is 5.88 Å². The molecule has 0 aromatic carbocycles. The average molecular weight is 210 g/mol. The van der Waals surface area contributed by atoms with Crippen LogP contribution >= 0.6 is 0 Å². The maximum atomic E-state index is 10.3. The molecule has 0 aliphatic carbocycles. The lowest BCUT2D eigenvalue weighted by Gasteiger charge is -2.04. The smallest absolute Gasteiger partial charge is 0.404 e. The van der Waals surface area contributed by atoms with E-state index in [-0.39, 0.29) is 6.61 Å². The minimum absolute atomic E-state index is 0.269. The van der Waals surface area contributed by atoms with Gasteiger partial charge in [0, 0.05) is 18.7 Å². The lowest BCUT2D eigenvalue weighted by molar-refractivity contribution is 0.158. The third-order valence-electron chi connectivity index (χ3n) is 1.72. The summed E-state index contributed by atoms with van der Waals surface area (Å²) < 4.78 is 9.79. The third kappa shape index (κ3) is 4.30. The molecule has 0 bridgehead atoms. The van der Waals surface area contributed by atoms with E-state index in [2.05, 4.69) is 9.72 Å². The molecule has 1 heterocycles. The molecule has 0 fully saturated rings. The van der Waals surface area contributed by atoms with Crippen LogP contribution in [0.3, 0.4) is 0 Å². The summed E-state index contributed by atoms with van der Waals surface area (Å²) in [6.07, 6.45) is 1.53. The average Bonchev–Trinajstić information content (AvgIpc) is 2.20. The van der Waals surface area contributed by atoms with Gasteiger partial charge in [0.1, 0.15) is 0 Å². The van der Waals surface area contributed by atoms with Crippen LogP contribution in [0.1, 0.15) is 12.5 Å². The fourth-order valence-electron chi connectivity index (χ4n) is 1.06. The summed E-state index contributed by atoms with van der Waals surface area (Å²) in [5.41, 5.74) is 5.80. The van der Waals surface area contributed by atoms with Gasteiger partial charge in [0.15, 0.2) is 0 Å². The number of primary amides is 1. The number of amides is 1. The summed E-state index contributed by atoms with van der Waals surface area (Å²) in [5.74, 6) is 0.595. The van der Waals surface area contributed by atoms with Gasteiger partial charge >= 0.3 is 6.09 Å². The number of rotatable bonds is 5. The Hall–Kier alpha value is -1.78. The number of hydrogen-bond donors (Lipinski definition) is 1. The van der Waals surface area contributed by atoms with E-state index in [9.17, 15) is 4.79 Å². The van der Waals surface area contributed by atoms with Crippen molar-refractivity contribution in [2.45, 2.75) is 13.3 Å². The first-order chi connectivity index (χ1) is 7.22. The molecule has 1 aromatic heterocycles. The van der Waals surface area contributed by atoms with E-state index in [1.807, 2.05) is 13.0 Å². The molecule has 0 saturated carbocycles. The van der Waals surface area contributed by atoms with E-state index in [1.165, 1.54) is 0 Å². The molecule has 5 heteroatoms. The van der Waals surface area contributed by atoms with Crippen LogP contribution in [0.15, 0.2) is 18.3 Å². The summed E-state index contributed by atoms with van der Waals surface area (Å²) >= 11 is 0. The maximum absolute atomic E-state index is 10.3. The zero-order chi connectivity index (χ0) is 11.1. The van der Waals surface area contributed by atoms with Crippen molar-refractivity contribution in [2.75, 3.05) is 13.2 Å². The van der Waals surface area contributed by atoms with Gasteiger partial charge in [-0.3, -0.25) is 0 Å². The number of ether oxygens (including phenoxy) is 2. The van der Waals surface area contributed by atoms with Gasteiger partial charge < -0.3 is 15.2 Å². The number of nitrogens with two attached hydrogens (primary N) is 1. The number of nitrogens with zero attached hydrogens (tertiary/aromatic N) is 1. The maximum Gasteiger partial charge on any atom is 0.404 e. The predicted molar refractivity (Wildman–Crippen MR) is 54.6 cm³/mol. The van der Waals surface area contributed by atoms with Crippen LogP contribution in [0.25, 0.3) is 0 Å². The molecule has 0 radical (unpaired) electrons. The van der Waals surface area contributed by atoms with E-state index in [0.29, 0.717) is 18.9 Å². The highest BCUT2D eigenvalue weighted by Gasteiger charge is 1.98. The first-order valence-corrected chi connectivity index (χ1v) is 4.72. The molecule has 0 saturated heterocycles. The van der Waals surface area contributed by atoms with E-state index in [4.69, 9.17) is 10.5 Å². The summed E-state index contributed by atoms with van der Waals surface area (Å²) in [5, 5.41) is 0. The molecule has 15 heavy (non-hydrogen) atoms. The summed E-state index contributed by atoms with van der Waals surface area (Å²) in [6, 6.07) is 3.66. The molecule has 82 valence electrons. The standard InChI is InChI=1S/C10H14N2O3/c1-2-14-9-4-3-8(7-12-9)5-6-15-10(11)13/h3-4,7H,2,5-6H2,1H3,(H2,11,13). The first-order valence-electron chi connectivity index (χ1n) is 4.72. The molecule has 0 atom stereocenters. The summed E-state index contributed by atoms with van der Waals surface area (Å²) in [6.45, 7) is 2.76. The van der Waals surface area contributed by atoms with E-state index >= 15 is 0 Å². The Balaban J connectivity index is 2.39. The number of pyridine rings is 1. The molecule has 0 aliphatic rings. The van der Waals surface area contributed by atoms with Crippen molar-refractivity contribution in [1.82, 2.24) is 4.98 Å². The lowest BCUT2D eigenvalue weighted by atomic mass is 10.2. The van der Waals surface area contributed by atoms with Crippen LogP contribution in [-0.4, -0.2) is 24.3 Å². The van der Waals surface area contributed by atoms with Gasteiger partial charge in [-0.25, -0.2) is 9.78 Å². The highest BCUT2D eigenvalue weighted by atomic mass is 16.5. The van der Waals surface area contributed by atoms with Crippen molar-refractivity contribution in [1.29, 1.82) is 0 Å². The number of carbonyl (C=O) groups is 1. The highest BCUT2D eigenvalue weighted by molar-refractivity contribution is 5.64. The van der Waals surface area contributed by atoms with Crippen LogP contribution in [0.4, 0.5) is 4.79 Å². The SMILES string of the molecule is CCOc1ccc(CCOC(N)=O)cn1. The minimum Gasteiger partial charge on any atom is -0.478 e. The topological polar surface area (TPSA) is 74.4 Å². The van der Waals surface area contributed by atoms with Crippen molar-refractivity contribution in [2.24, 2.45) is 5.73 Å². The molecule has 2 N–H and O–H groups in total. The molecule has 1 aromatic rings. The fourth-order valence-corrected chi connectivity index (χ4v) is 1.06. The number of carbonyl (C=O) groups excluding carboxylic acids is 1. The Bertz CT molecular complexity index is 311. The molecule has 5 nitrogen and oxygen atoms in total. The second-order valence-corrected chi connectivity index (χ2v) is 2.86. The van der Waals surface area contributed by atoms with Gasteiger partial charge in [-0.2, -0.15) is 0 Å². The third-order valence-corrected chi connectivity index (χ3v) is 1.72. The van der Waals surface area contributed by atoms with Gasteiger partial charge in [0.2, 0.25) is 5.88 Å². The van der Waals surface area contributed by atoms with Crippen LogP contribution in [0, 0.1) is 0 Å². The predicted octanol–water partition coefficient (Wildman–Crippen LogP) is 1.12. The Morgan fingerprint density at radius 2 is 2.33 bits per heavy atom. The fraction of sp³-hybridized carbons (Fsp3) is 0.400. The van der Waals surface area contributed by atoms with Crippen LogP contribution in [0.5, 0.6) is 5.88 Å². The molecule has 1 amide bonds. The number of aromatic nitrogens is 1. The highest BCUT2D eigenvalue weighted by Crippen LogP contribution is 2.07. The van der Waals surface area contributed by atoms with Gasteiger partial charge in [-0.05, 0) is 12.5 Å². The van der Waals surface area contributed by atoms with E-state index in [1.54, 1.807) is 12.3 Å². The Labute approximate surface area is 88.2 Å². The molecule has 0 spiro atoms. The lowest BCUT2D eigenvalue weighted by Crippen LogP contribution is -2.14. The van der Waals surface area contributed by atoms with Crippen LogP contribution in [-0.2, 0) is 11.2 Å². The normalized spacial score (nSPS) is 9.67. The number of hydrogen-bond acceptors (Lipinski definition) is 4. The zero-order valence-electron chi connectivity index (χ0n) is 8.60. The summed E-state index contributed by atoms with van der Waals surface area (Å²) in [7, 11) is 0. The Morgan fingerprint density at radius 3 is 2.87 bits per heavy atom. The monoisotopic (exact) mass is 210 g/mol. The van der Waals surface area contributed by atoms with Crippen LogP contribution in [0.2, 0.25) is 0 Å². The zero-order valence-corrected chi connectivity index (χ0v) is 8.60. The van der Waals surface area contributed by atoms with Gasteiger partial charge in [-0.1, -0.05) is 6.07 Å². The molecule has 1 rings (SSSR count). The quantitative estimate of drug-likeness (QED) is 0.790. The summed E-state index contributed by atoms with van der Waals surface area (Å²) in [4.78, 5) is 14.4. The van der Waals surface area contributed by atoms with Crippen LogP contribution < -0.4 is 10.5 Å². The first kappa shape index (κ1) is 11.3. The van der Waals surface area contributed by atoms with Crippen molar-refractivity contribution >= 4 is 6.09 Å². The van der Waals surface area contributed by atoms with Crippen molar-refractivity contribution < 1.29 is 14.3 Å². The molecular formula is C10H14N2O3. The van der Waals surface area contributed by atoms with E-state index in [0.717, 1.165) is 5.56 Å². The minimum atomic E-state index is -0.756. The Kier molecular flexibility index (Phi) is 4.40. The molecule has 0 unspecified atom stereocenters. The van der Waals surface area contributed by atoms with Crippen molar-refractivity contribution in [3.05, 3.63) is 23.9 Å².